The highest BCUT2D eigenvalue weighted by atomic mass is 16.5. The number of carbonyl (C=O) groups is 1. The molecule has 0 amide bonds. The fourth-order valence-electron chi connectivity index (χ4n) is 1.63. The lowest BCUT2D eigenvalue weighted by atomic mass is 10.2. The third-order valence-electron chi connectivity index (χ3n) is 2.74. The second-order valence-corrected chi connectivity index (χ2v) is 4.73. The minimum absolute atomic E-state index is 0.232. The lowest BCUT2D eigenvalue weighted by Gasteiger charge is -2.07. The van der Waals surface area contributed by atoms with Crippen molar-refractivity contribution in [2.24, 2.45) is 0 Å². The number of hydrogen-bond acceptors (Lipinski definition) is 5. The van der Waals surface area contributed by atoms with E-state index in [9.17, 15) is 4.79 Å². The minimum atomic E-state index is -0.232. The highest BCUT2D eigenvalue weighted by Crippen LogP contribution is 2.11. The monoisotopic (exact) mass is 295 g/mol. The Hall–Kier alpha value is -1.59. The molecule has 1 N–H and O–H groups in total. The summed E-state index contributed by atoms with van der Waals surface area (Å²) in [5, 5.41) is 2.74. The van der Waals surface area contributed by atoms with Gasteiger partial charge in [-0.05, 0) is 26.1 Å². The second kappa shape index (κ2) is 11.1. The van der Waals surface area contributed by atoms with Crippen molar-refractivity contribution in [3.05, 3.63) is 29.8 Å². The molecule has 0 aliphatic carbocycles. The zero-order chi connectivity index (χ0) is 15.3. The van der Waals surface area contributed by atoms with Crippen LogP contribution in [0, 0.1) is 6.92 Å². The third-order valence-corrected chi connectivity index (χ3v) is 2.74. The van der Waals surface area contributed by atoms with E-state index in [1.807, 2.05) is 31.2 Å². The summed E-state index contributed by atoms with van der Waals surface area (Å²) in [4.78, 5) is 11.0. The molecule has 5 heteroatoms. The minimum Gasteiger partial charge on any atom is -0.494 e. The Morgan fingerprint density at radius 2 is 1.71 bits per heavy atom. The number of ether oxygens (including phenoxy) is 3. The number of benzene rings is 1. The molecule has 1 aromatic carbocycles. The van der Waals surface area contributed by atoms with Gasteiger partial charge >= 0.3 is 5.97 Å². The van der Waals surface area contributed by atoms with Crippen molar-refractivity contribution in [1.82, 2.24) is 5.32 Å². The number of rotatable bonds is 11. The normalized spacial score (nSPS) is 10.4. The Morgan fingerprint density at radius 3 is 2.38 bits per heavy atom. The lowest BCUT2D eigenvalue weighted by molar-refractivity contribution is -0.142. The average Bonchev–Trinajstić information content (AvgIpc) is 2.47. The van der Waals surface area contributed by atoms with Crippen molar-refractivity contribution in [3.63, 3.8) is 0 Å². The van der Waals surface area contributed by atoms with Gasteiger partial charge < -0.3 is 19.5 Å². The lowest BCUT2D eigenvalue weighted by Crippen LogP contribution is -2.21. The molecule has 0 aliphatic heterocycles. The Labute approximate surface area is 126 Å². The van der Waals surface area contributed by atoms with Gasteiger partial charge in [0.15, 0.2) is 0 Å². The molecule has 21 heavy (non-hydrogen) atoms. The van der Waals surface area contributed by atoms with E-state index < -0.39 is 0 Å². The van der Waals surface area contributed by atoms with Gasteiger partial charge in [0, 0.05) is 26.1 Å². The molecule has 0 aromatic heterocycles. The van der Waals surface area contributed by atoms with Crippen LogP contribution < -0.4 is 10.1 Å². The molecule has 0 aliphatic rings. The number of nitrogens with one attached hydrogen (secondary N) is 1. The van der Waals surface area contributed by atoms with Gasteiger partial charge in [0.2, 0.25) is 0 Å². The molecule has 0 unspecified atom stereocenters. The van der Waals surface area contributed by atoms with Crippen LogP contribution in [-0.2, 0) is 14.3 Å². The van der Waals surface area contributed by atoms with Crippen molar-refractivity contribution in [2.45, 2.75) is 19.8 Å². The van der Waals surface area contributed by atoms with Gasteiger partial charge in [-0.1, -0.05) is 17.7 Å². The second-order valence-electron chi connectivity index (χ2n) is 4.73. The first-order valence-corrected chi connectivity index (χ1v) is 7.30. The maximum Gasteiger partial charge on any atom is 0.319 e. The van der Waals surface area contributed by atoms with E-state index in [1.54, 1.807) is 7.05 Å². The molecule has 1 aromatic rings. The molecule has 0 saturated carbocycles. The number of aryl methyl sites for hydroxylation is 1. The van der Waals surface area contributed by atoms with Crippen LogP contribution >= 0.6 is 0 Å². The summed E-state index contributed by atoms with van der Waals surface area (Å²) in [6, 6.07) is 7.99. The van der Waals surface area contributed by atoms with Crippen molar-refractivity contribution < 1.29 is 19.0 Å². The largest absolute Gasteiger partial charge is 0.494 e. The third kappa shape index (κ3) is 9.05. The smallest absolute Gasteiger partial charge is 0.319 e. The fraction of sp³-hybridized carbons (Fsp3) is 0.562. The standard InChI is InChI=1S/C16H25NO4/c1-14-5-7-15(8-6-14)20-11-3-9-19-10-4-12-21-16(18)13-17-2/h5-8,17H,3-4,9-13H2,1-2H3. The first-order chi connectivity index (χ1) is 10.2. The summed E-state index contributed by atoms with van der Waals surface area (Å²) in [6.45, 7) is 4.58. The van der Waals surface area contributed by atoms with Gasteiger partial charge in [-0.25, -0.2) is 0 Å². The van der Waals surface area contributed by atoms with Crippen LogP contribution in [0.25, 0.3) is 0 Å². The topological polar surface area (TPSA) is 56.8 Å². The number of esters is 1. The predicted octanol–water partition coefficient (Wildman–Crippen LogP) is 1.93. The maximum absolute atomic E-state index is 11.0. The molecule has 118 valence electrons. The van der Waals surface area contributed by atoms with Crippen molar-refractivity contribution >= 4 is 5.97 Å². The first-order valence-electron chi connectivity index (χ1n) is 7.30. The number of likely N-dealkylation sites (N-methyl/N-ethyl adjacent to an activating group) is 1. The zero-order valence-electron chi connectivity index (χ0n) is 12.9. The zero-order valence-corrected chi connectivity index (χ0v) is 12.9. The molecule has 0 spiro atoms. The summed E-state index contributed by atoms with van der Waals surface area (Å²) in [7, 11) is 1.71. The summed E-state index contributed by atoms with van der Waals surface area (Å²) < 4.78 is 16.0. The summed E-state index contributed by atoms with van der Waals surface area (Å²) in [5.41, 5.74) is 1.22. The predicted molar refractivity (Wildman–Crippen MR) is 81.6 cm³/mol. The first kappa shape index (κ1) is 17.5. The van der Waals surface area contributed by atoms with Gasteiger partial charge in [-0.15, -0.1) is 0 Å². The summed E-state index contributed by atoms with van der Waals surface area (Å²) in [6.07, 6.45) is 1.56. The summed E-state index contributed by atoms with van der Waals surface area (Å²) >= 11 is 0. The molecule has 0 heterocycles. The van der Waals surface area contributed by atoms with Crippen LogP contribution in [0.15, 0.2) is 24.3 Å². The van der Waals surface area contributed by atoms with Crippen LogP contribution in [0.5, 0.6) is 5.75 Å². The molecule has 0 saturated heterocycles. The van der Waals surface area contributed by atoms with E-state index in [2.05, 4.69) is 5.32 Å². The van der Waals surface area contributed by atoms with E-state index in [0.29, 0.717) is 32.8 Å². The Bertz CT molecular complexity index is 392. The molecule has 0 radical (unpaired) electrons. The van der Waals surface area contributed by atoms with E-state index >= 15 is 0 Å². The van der Waals surface area contributed by atoms with Gasteiger partial charge in [-0.2, -0.15) is 0 Å². The molecular formula is C16H25NO4. The average molecular weight is 295 g/mol. The van der Waals surface area contributed by atoms with Gasteiger partial charge in [0.05, 0.1) is 19.8 Å². The molecule has 0 fully saturated rings. The molecule has 0 bridgehead atoms. The number of hydrogen-bond donors (Lipinski definition) is 1. The fourth-order valence-corrected chi connectivity index (χ4v) is 1.63. The Balaban J connectivity index is 1.88. The number of carbonyl (C=O) groups excluding carboxylic acids is 1. The summed E-state index contributed by atoms with van der Waals surface area (Å²) in [5.74, 6) is 0.654. The van der Waals surface area contributed by atoms with Crippen LogP contribution in [0.2, 0.25) is 0 Å². The highest BCUT2D eigenvalue weighted by molar-refractivity contribution is 5.71. The maximum atomic E-state index is 11.0. The van der Waals surface area contributed by atoms with Crippen molar-refractivity contribution in [1.29, 1.82) is 0 Å². The van der Waals surface area contributed by atoms with E-state index in [-0.39, 0.29) is 12.5 Å². The van der Waals surface area contributed by atoms with E-state index in [4.69, 9.17) is 14.2 Å². The van der Waals surface area contributed by atoms with Gasteiger partial charge in [0.1, 0.15) is 5.75 Å². The molecule has 5 nitrogen and oxygen atoms in total. The van der Waals surface area contributed by atoms with Crippen molar-refractivity contribution in [2.75, 3.05) is 40.0 Å². The molecular weight excluding hydrogens is 270 g/mol. The van der Waals surface area contributed by atoms with Crippen LogP contribution in [-0.4, -0.2) is 46.0 Å². The Morgan fingerprint density at radius 1 is 1.05 bits per heavy atom. The van der Waals surface area contributed by atoms with Crippen LogP contribution in [0.3, 0.4) is 0 Å². The molecule has 1 rings (SSSR count). The van der Waals surface area contributed by atoms with Gasteiger partial charge in [-0.3, -0.25) is 4.79 Å². The van der Waals surface area contributed by atoms with Gasteiger partial charge in [0.25, 0.3) is 0 Å². The quantitative estimate of drug-likeness (QED) is 0.499. The van der Waals surface area contributed by atoms with Crippen LogP contribution in [0.4, 0.5) is 0 Å². The Kier molecular flexibility index (Phi) is 9.24. The van der Waals surface area contributed by atoms with E-state index in [0.717, 1.165) is 12.2 Å². The van der Waals surface area contributed by atoms with E-state index in [1.165, 1.54) is 5.56 Å². The highest BCUT2D eigenvalue weighted by Gasteiger charge is 1.99. The molecule has 0 atom stereocenters. The van der Waals surface area contributed by atoms with Crippen molar-refractivity contribution in [3.8, 4) is 5.75 Å². The SMILES string of the molecule is CNCC(=O)OCCCOCCCOc1ccc(C)cc1. The van der Waals surface area contributed by atoms with Crippen LogP contribution in [0.1, 0.15) is 18.4 Å².